The number of likely N-dealkylation sites (tertiary alicyclic amines) is 1. The molecule has 1 aromatic heterocycles. The molecule has 1 aromatic rings. The number of hydrogen-bond acceptors (Lipinski definition) is 4. The van der Waals surface area contributed by atoms with Crippen LogP contribution in [0.2, 0.25) is 0 Å². The number of hydrogen-bond donors (Lipinski definition) is 2. The van der Waals surface area contributed by atoms with Gasteiger partial charge in [0, 0.05) is 32.1 Å². The summed E-state index contributed by atoms with van der Waals surface area (Å²) >= 11 is 0. The van der Waals surface area contributed by atoms with Crippen LogP contribution in [-0.4, -0.2) is 55.5 Å². The first-order valence-electron chi connectivity index (χ1n) is 8.29. The zero-order valence-corrected chi connectivity index (χ0v) is 13.1. The van der Waals surface area contributed by atoms with Crippen molar-refractivity contribution < 1.29 is 19.8 Å². The molecule has 0 bridgehead atoms. The first kappa shape index (κ1) is 16.0. The Hall–Kier alpha value is -1.89. The predicted molar refractivity (Wildman–Crippen MR) is 82.1 cm³/mol. The molecule has 7 nitrogen and oxygen atoms in total. The van der Waals surface area contributed by atoms with Gasteiger partial charge in [0.25, 0.3) is 5.91 Å². The standard InChI is InChI=1S/C16H23N3O4/c20-14(18-8-6-16(23,7-9-18)15(21)22)12-10-17-19(11-12)13-4-2-1-3-5-13/h10-11,13,23H,1-9H2,(H,21,22). The van der Waals surface area contributed by atoms with E-state index in [0.29, 0.717) is 11.6 Å². The van der Waals surface area contributed by atoms with Gasteiger partial charge in [0.05, 0.1) is 17.8 Å². The average molecular weight is 321 g/mol. The lowest BCUT2D eigenvalue weighted by Crippen LogP contribution is -2.50. The second-order valence-electron chi connectivity index (χ2n) is 6.63. The number of amides is 1. The highest BCUT2D eigenvalue weighted by Crippen LogP contribution is 2.28. The van der Waals surface area contributed by atoms with E-state index in [-0.39, 0.29) is 31.8 Å². The lowest BCUT2D eigenvalue weighted by molar-refractivity contribution is -0.162. The van der Waals surface area contributed by atoms with E-state index in [1.54, 1.807) is 17.3 Å². The molecule has 0 radical (unpaired) electrons. The topological polar surface area (TPSA) is 95.7 Å². The van der Waals surface area contributed by atoms with Crippen molar-refractivity contribution in [2.45, 2.75) is 56.6 Å². The fraction of sp³-hybridized carbons (Fsp3) is 0.688. The van der Waals surface area contributed by atoms with Crippen LogP contribution in [0, 0.1) is 0 Å². The molecule has 1 saturated carbocycles. The maximum Gasteiger partial charge on any atom is 0.335 e. The molecule has 1 amide bonds. The normalized spacial score (nSPS) is 22.0. The summed E-state index contributed by atoms with van der Waals surface area (Å²) in [5.41, 5.74) is -1.17. The summed E-state index contributed by atoms with van der Waals surface area (Å²) < 4.78 is 1.89. The predicted octanol–water partition coefficient (Wildman–Crippen LogP) is 1.44. The number of carbonyl (C=O) groups excluding carboxylic acids is 1. The lowest BCUT2D eigenvalue weighted by Gasteiger charge is -2.35. The summed E-state index contributed by atoms with van der Waals surface area (Å²) in [7, 11) is 0. The van der Waals surface area contributed by atoms with E-state index in [4.69, 9.17) is 5.11 Å². The van der Waals surface area contributed by atoms with Gasteiger partial charge in [-0.15, -0.1) is 0 Å². The van der Waals surface area contributed by atoms with Crippen molar-refractivity contribution >= 4 is 11.9 Å². The summed E-state index contributed by atoms with van der Waals surface area (Å²) in [6.07, 6.45) is 9.39. The van der Waals surface area contributed by atoms with Crippen molar-refractivity contribution in [3.8, 4) is 0 Å². The first-order valence-corrected chi connectivity index (χ1v) is 8.29. The van der Waals surface area contributed by atoms with E-state index in [0.717, 1.165) is 12.8 Å². The molecule has 2 heterocycles. The lowest BCUT2D eigenvalue weighted by atomic mass is 9.91. The third-order valence-corrected chi connectivity index (χ3v) is 5.07. The number of nitrogens with zero attached hydrogens (tertiary/aromatic N) is 3. The van der Waals surface area contributed by atoms with Gasteiger partial charge < -0.3 is 15.1 Å². The van der Waals surface area contributed by atoms with E-state index in [9.17, 15) is 14.7 Å². The Labute approximate surface area is 134 Å². The van der Waals surface area contributed by atoms with Crippen molar-refractivity contribution in [2.75, 3.05) is 13.1 Å². The molecule has 0 atom stereocenters. The minimum absolute atomic E-state index is 0.0604. The van der Waals surface area contributed by atoms with Crippen LogP contribution >= 0.6 is 0 Å². The molecule has 0 unspecified atom stereocenters. The van der Waals surface area contributed by atoms with Crippen LogP contribution in [0.1, 0.15) is 61.3 Å². The summed E-state index contributed by atoms with van der Waals surface area (Å²) in [5, 5.41) is 23.3. The fourth-order valence-corrected chi connectivity index (χ4v) is 3.47. The summed E-state index contributed by atoms with van der Waals surface area (Å²) in [6, 6.07) is 0.378. The molecule has 1 saturated heterocycles. The molecule has 23 heavy (non-hydrogen) atoms. The average Bonchev–Trinajstić information content (AvgIpc) is 3.05. The van der Waals surface area contributed by atoms with Crippen LogP contribution in [0.5, 0.6) is 0 Å². The zero-order chi connectivity index (χ0) is 16.4. The van der Waals surface area contributed by atoms with Crippen molar-refractivity contribution in [1.29, 1.82) is 0 Å². The van der Waals surface area contributed by atoms with Gasteiger partial charge in [0.2, 0.25) is 0 Å². The van der Waals surface area contributed by atoms with E-state index in [2.05, 4.69) is 5.10 Å². The monoisotopic (exact) mass is 321 g/mol. The molecular formula is C16H23N3O4. The number of carboxylic acid groups (broad SMARTS) is 1. The van der Waals surface area contributed by atoms with Crippen molar-refractivity contribution in [3.05, 3.63) is 18.0 Å². The molecule has 0 aromatic carbocycles. The molecular weight excluding hydrogens is 298 g/mol. The highest BCUT2D eigenvalue weighted by Gasteiger charge is 2.40. The Morgan fingerprint density at radius 3 is 2.43 bits per heavy atom. The van der Waals surface area contributed by atoms with Gasteiger partial charge in [-0.3, -0.25) is 9.48 Å². The molecule has 2 fully saturated rings. The van der Waals surface area contributed by atoms with Crippen LogP contribution < -0.4 is 0 Å². The van der Waals surface area contributed by atoms with Crippen LogP contribution in [0.3, 0.4) is 0 Å². The van der Waals surface area contributed by atoms with E-state index < -0.39 is 11.6 Å². The largest absolute Gasteiger partial charge is 0.479 e. The van der Waals surface area contributed by atoms with Gasteiger partial charge in [-0.1, -0.05) is 19.3 Å². The third kappa shape index (κ3) is 3.24. The van der Waals surface area contributed by atoms with Gasteiger partial charge in [-0.05, 0) is 12.8 Å². The van der Waals surface area contributed by atoms with Crippen LogP contribution in [0.4, 0.5) is 0 Å². The molecule has 126 valence electrons. The minimum atomic E-state index is -1.71. The second kappa shape index (κ2) is 6.31. The van der Waals surface area contributed by atoms with Crippen LogP contribution in [-0.2, 0) is 4.79 Å². The van der Waals surface area contributed by atoms with Gasteiger partial charge in [-0.2, -0.15) is 5.10 Å². The van der Waals surface area contributed by atoms with Crippen molar-refractivity contribution in [2.24, 2.45) is 0 Å². The molecule has 2 aliphatic rings. The van der Waals surface area contributed by atoms with Crippen molar-refractivity contribution in [1.82, 2.24) is 14.7 Å². The number of piperidine rings is 1. The maximum atomic E-state index is 12.5. The van der Waals surface area contributed by atoms with Gasteiger partial charge in [0.15, 0.2) is 5.60 Å². The molecule has 1 aliphatic heterocycles. The van der Waals surface area contributed by atoms with E-state index in [1.165, 1.54) is 19.3 Å². The van der Waals surface area contributed by atoms with Gasteiger partial charge >= 0.3 is 5.97 Å². The second-order valence-corrected chi connectivity index (χ2v) is 6.63. The first-order chi connectivity index (χ1) is 11.0. The van der Waals surface area contributed by atoms with Crippen molar-refractivity contribution in [3.63, 3.8) is 0 Å². The number of carbonyl (C=O) groups is 2. The van der Waals surface area contributed by atoms with Gasteiger partial charge in [-0.25, -0.2) is 4.79 Å². The number of rotatable bonds is 3. The Morgan fingerprint density at radius 2 is 1.83 bits per heavy atom. The maximum absolute atomic E-state index is 12.5. The third-order valence-electron chi connectivity index (χ3n) is 5.07. The van der Waals surface area contributed by atoms with E-state index >= 15 is 0 Å². The Morgan fingerprint density at radius 1 is 1.17 bits per heavy atom. The Kier molecular flexibility index (Phi) is 4.39. The Balaban J connectivity index is 1.63. The number of aliphatic hydroxyl groups is 1. The number of aromatic nitrogens is 2. The molecule has 3 rings (SSSR count). The molecule has 0 spiro atoms. The number of aliphatic carboxylic acids is 1. The smallest absolute Gasteiger partial charge is 0.335 e. The summed E-state index contributed by atoms with van der Waals surface area (Å²) in [5.74, 6) is -1.35. The molecule has 2 N–H and O–H groups in total. The van der Waals surface area contributed by atoms with Gasteiger partial charge in [0.1, 0.15) is 0 Å². The Bertz CT molecular complexity index is 584. The summed E-state index contributed by atoms with van der Waals surface area (Å²) in [4.78, 5) is 25.2. The zero-order valence-electron chi connectivity index (χ0n) is 13.1. The fourth-order valence-electron chi connectivity index (χ4n) is 3.47. The molecule has 7 heteroatoms. The van der Waals surface area contributed by atoms with Crippen LogP contribution in [0.15, 0.2) is 12.4 Å². The number of carboxylic acids is 1. The quantitative estimate of drug-likeness (QED) is 0.878. The molecule has 1 aliphatic carbocycles. The SMILES string of the molecule is O=C(c1cnn(C2CCCCC2)c1)N1CCC(O)(C(=O)O)CC1. The minimum Gasteiger partial charge on any atom is -0.479 e. The highest BCUT2D eigenvalue weighted by atomic mass is 16.4. The van der Waals surface area contributed by atoms with E-state index in [1.807, 2.05) is 4.68 Å². The summed E-state index contributed by atoms with van der Waals surface area (Å²) in [6.45, 7) is 0.493. The highest BCUT2D eigenvalue weighted by molar-refractivity contribution is 5.94. The van der Waals surface area contributed by atoms with Crippen LogP contribution in [0.25, 0.3) is 0 Å².